The maximum Gasteiger partial charge on any atom is 0.167 e. The van der Waals surface area contributed by atoms with E-state index in [0.717, 1.165) is 38.2 Å². The number of ether oxygens (including phenoxy) is 1. The van der Waals surface area contributed by atoms with Gasteiger partial charge in [-0.1, -0.05) is 19.1 Å². The molecule has 4 nitrogen and oxygen atoms in total. The Morgan fingerprint density at radius 3 is 2.63 bits per heavy atom. The van der Waals surface area contributed by atoms with E-state index < -0.39 is 0 Å². The summed E-state index contributed by atoms with van der Waals surface area (Å²) in [6.07, 6.45) is 3.63. The van der Waals surface area contributed by atoms with Crippen LogP contribution >= 0.6 is 0 Å². The number of likely N-dealkylation sites (tertiary alicyclic amines) is 1. The van der Waals surface area contributed by atoms with Crippen LogP contribution in [0.4, 0.5) is 4.39 Å². The largest absolute Gasteiger partial charge is 0.506 e. The molecule has 0 amide bonds. The Morgan fingerprint density at radius 1 is 1.22 bits per heavy atom. The van der Waals surface area contributed by atoms with Gasteiger partial charge < -0.3 is 14.7 Å². The van der Waals surface area contributed by atoms with Crippen molar-refractivity contribution >= 4 is 0 Å². The number of rotatable bonds is 5. The molecule has 0 spiro atoms. The van der Waals surface area contributed by atoms with Gasteiger partial charge in [-0.2, -0.15) is 0 Å². The first kappa shape index (κ1) is 18.2. The van der Waals surface area contributed by atoms with Crippen LogP contribution in [0.5, 0.6) is 11.5 Å². The second kappa shape index (κ2) is 7.47. The lowest BCUT2D eigenvalue weighted by molar-refractivity contribution is 0.177. The summed E-state index contributed by atoms with van der Waals surface area (Å²) in [6.45, 7) is 7.07. The first-order valence-electron chi connectivity index (χ1n) is 9.78. The van der Waals surface area contributed by atoms with Gasteiger partial charge in [-0.3, -0.25) is 4.98 Å². The van der Waals surface area contributed by atoms with Gasteiger partial charge in [0, 0.05) is 31.2 Å². The Hall–Kier alpha value is -2.14. The van der Waals surface area contributed by atoms with Crippen LogP contribution in [0, 0.1) is 24.6 Å². The maximum atomic E-state index is 14.2. The number of aromatic hydroxyl groups is 1. The lowest BCUT2D eigenvalue weighted by Gasteiger charge is -2.23. The summed E-state index contributed by atoms with van der Waals surface area (Å²) in [5.74, 6) is 1.96. The monoisotopic (exact) mass is 370 g/mol. The number of aromatic nitrogens is 1. The average molecular weight is 370 g/mol. The fourth-order valence-electron chi connectivity index (χ4n) is 4.65. The highest BCUT2D eigenvalue weighted by molar-refractivity contribution is 5.30. The molecule has 2 fully saturated rings. The van der Waals surface area contributed by atoms with Crippen molar-refractivity contribution in [2.75, 3.05) is 19.6 Å². The molecule has 1 N–H and O–H groups in total. The van der Waals surface area contributed by atoms with Crippen LogP contribution in [0.15, 0.2) is 36.5 Å². The zero-order valence-electron chi connectivity index (χ0n) is 15.9. The van der Waals surface area contributed by atoms with Crippen LogP contribution in [0.25, 0.3) is 0 Å². The number of aryl methyl sites for hydroxylation is 1. The van der Waals surface area contributed by atoms with E-state index in [-0.39, 0.29) is 17.7 Å². The van der Waals surface area contributed by atoms with Crippen LogP contribution in [-0.2, 0) is 0 Å². The molecule has 1 saturated carbocycles. The van der Waals surface area contributed by atoms with Gasteiger partial charge in [-0.15, -0.1) is 0 Å². The van der Waals surface area contributed by atoms with Crippen LogP contribution in [0.1, 0.15) is 36.9 Å². The molecule has 2 heterocycles. The van der Waals surface area contributed by atoms with Crippen LogP contribution in [0.2, 0.25) is 0 Å². The van der Waals surface area contributed by atoms with Crippen molar-refractivity contribution in [3.05, 3.63) is 53.6 Å². The first-order valence-corrected chi connectivity index (χ1v) is 9.78. The molecule has 2 aromatic rings. The molecule has 144 valence electrons. The predicted octanol–water partition coefficient (Wildman–Crippen LogP) is 4.13. The van der Waals surface area contributed by atoms with Gasteiger partial charge >= 0.3 is 0 Å². The van der Waals surface area contributed by atoms with E-state index in [9.17, 15) is 9.50 Å². The van der Waals surface area contributed by atoms with E-state index >= 15 is 0 Å². The van der Waals surface area contributed by atoms with Crippen LogP contribution in [0.3, 0.4) is 0 Å². The number of fused-ring (bicyclic) bond motifs is 1. The SMILES string of the molecule is Cc1cccc(OC2C[C@@H]3CN(CC(C)c4ccc(O)cn4)C[C@@H]3C2)c1F. The molecular formula is C22H27FN2O2. The minimum absolute atomic E-state index is 0.120. The number of benzene rings is 1. The highest BCUT2D eigenvalue weighted by Crippen LogP contribution is 2.40. The van der Waals surface area contributed by atoms with Crippen molar-refractivity contribution in [1.82, 2.24) is 9.88 Å². The summed E-state index contributed by atoms with van der Waals surface area (Å²) < 4.78 is 20.2. The summed E-state index contributed by atoms with van der Waals surface area (Å²) >= 11 is 0. The molecular weight excluding hydrogens is 343 g/mol. The molecule has 0 bridgehead atoms. The highest BCUT2D eigenvalue weighted by atomic mass is 19.1. The lowest BCUT2D eigenvalue weighted by atomic mass is 10.0. The number of hydrogen-bond acceptors (Lipinski definition) is 4. The van der Waals surface area contributed by atoms with E-state index in [1.54, 1.807) is 25.1 Å². The fraction of sp³-hybridized carbons (Fsp3) is 0.500. The van der Waals surface area contributed by atoms with E-state index in [1.807, 2.05) is 12.1 Å². The highest BCUT2D eigenvalue weighted by Gasteiger charge is 2.42. The summed E-state index contributed by atoms with van der Waals surface area (Å²) in [5.41, 5.74) is 1.65. The van der Waals surface area contributed by atoms with Gasteiger partial charge in [0.25, 0.3) is 0 Å². The minimum atomic E-state index is -0.230. The Labute approximate surface area is 160 Å². The predicted molar refractivity (Wildman–Crippen MR) is 103 cm³/mol. The van der Waals surface area contributed by atoms with E-state index in [0.29, 0.717) is 29.1 Å². The van der Waals surface area contributed by atoms with Gasteiger partial charge in [0.1, 0.15) is 5.75 Å². The van der Waals surface area contributed by atoms with Gasteiger partial charge in [0.15, 0.2) is 11.6 Å². The molecule has 4 atom stereocenters. The molecule has 0 radical (unpaired) electrons. The topological polar surface area (TPSA) is 45.6 Å². The zero-order valence-corrected chi connectivity index (χ0v) is 15.9. The standard InChI is InChI=1S/C22H27FN2O2/c1-14-4-3-5-21(22(14)23)27-19-8-16-12-25(13-17(16)9-19)11-15(2)20-7-6-18(26)10-24-20/h3-7,10,15-17,19,26H,8-9,11-13H2,1-2H3/t15?,16-,17+,19?. The van der Waals surface area contributed by atoms with Crippen molar-refractivity contribution in [1.29, 1.82) is 0 Å². The summed E-state index contributed by atoms with van der Waals surface area (Å²) in [6, 6.07) is 8.95. The third-order valence-corrected chi connectivity index (χ3v) is 6.04. The Balaban J connectivity index is 1.30. The third-order valence-electron chi connectivity index (χ3n) is 6.04. The van der Waals surface area contributed by atoms with Crippen molar-refractivity contribution < 1.29 is 14.2 Å². The molecule has 1 aromatic carbocycles. The fourth-order valence-corrected chi connectivity index (χ4v) is 4.65. The number of pyridine rings is 1. The number of hydrogen-bond donors (Lipinski definition) is 1. The van der Waals surface area contributed by atoms with Crippen LogP contribution < -0.4 is 4.74 Å². The second-order valence-corrected chi connectivity index (χ2v) is 8.18. The number of halogens is 1. The summed E-state index contributed by atoms with van der Waals surface area (Å²) in [7, 11) is 0. The Morgan fingerprint density at radius 2 is 1.96 bits per heavy atom. The van der Waals surface area contributed by atoms with Gasteiger partial charge in [-0.25, -0.2) is 4.39 Å². The van der Waals surface area contributed by atoms with Crippen molar-refractivity contribution in [2.45, 2.75) is 38.7 Å². The average Bonchev–Trinajstić information content (AvgIpc) is 3.17. The molecule has 1 aliphatic heterocycles. The summed E-state index contributed by atoms with van der Waals surface area (Å²) in [4.78, 5) is 6.85. The minimum Gasteiger partial charge on any atom is -0.506 e. The van der Waals surface area contributed by atoms with E-state index in [4.69, 9.17) is 4.74 Å². The van der Waals surface area contributed by atoms with Crippen molar-refractivity contribution in [3.63, 3.8) is 0 Å². The zero-order chi connectivity index (χ0) is 19.0. The second-order valence-electron chi connectivity index (χ2n) is 8.18. The Bertz CT molecular complexity index is 781. The first-order chi connectivity index (χ1) is 13.0. The third kappa shape index (κ3) is 3.93. The smallest absolute Gasteiger partial charge is 0.167 e. The van der Waals surface area contributed by atoms with Crippen LogP contribution in [-0.4, -0.2) is 40.7 Å². The maximum absolute atomic E-state index is 14.2. The summed E-state index contributed by atoms with van der Waals surface area (Å²) in [5, 5.41) is 9.39. The molecule has 4 rings (SSSR count). The molecule has 2 aliphatic rings. The van der Waals surface area contributed by atoms with Gasteiger partial charge in [0.05, 0.1) is 12.3 Å². The molecule has 1 aromatic heterocycles. The normalized spacial score (nSPS) is 26.1. The molecule has 27 heavy (non-hydrogen) atoms. The number of nitrogens with zero attached hydrogens (tertiary/aromatic N) is 2. The lowest BCUT2D eigenvalue weighted by Crippen LogP contribution is -2.28. The molecule has 2 unspecified atom stereocenters. The van der Waals surface area contributed by atoms with Crippen molar-refractivity contribution in [2.24, 2.45) is 11.8 Å². The van der Waals surface area contributed by atoms with Crippen molar-refractivity contribution in [3.8, 4) is 11.5 Å². The quantitative estimate of drug-likeness (QED) is 0.860. The van der Waals surface area contributed by atoms with E-state index in [1.165, 1.54) is 6.20 Å². The van der Waals surface area contributed by atoms with Gasteiger partial charge in [0.2, 0.25) is 0 Å². The van der Waals surface area contributed by atoms with E-state index in [2.05, 4.69) is 16.8 Å². The molecule has 1 saturated heterocycles. The van der Waals surface area contributed by atoms with Gasteiger partial charge in [-0.05, 0) is 55.4 Å². The molecule has 5 heteroatoms. The molecule has 1 aliphatic carbocycles. The Kier molecular flexibility index (Phi) is 5.04.